The standard InChI is InChI=1S/C13H23N3S/c1-2-6-12-14-15-13(17)16(12)10-9-11-7-4-3-5-8-11/h11H,2-10H2,1H3,(H,15,17). The molecule has 0 unspecified atom stereocenters. The van der Waals surface area contributed by atoms with Crippen LogP contribution in [-0.4, -0.2) is 14.8 Å². The molecule has 1 aromatic heterocycles. The van der Waals surface area contributed by atoms with E-state index in [0.29, 0.717) is 0 Å². The van der Waals surface area contributed by atoms with Crippen molar-refractivity contribution < 1.29 is 0 Å². The van der Waals surface area contributed by atoms with Gasteiger partial charge in [-0.15, -0.1) is 0 Å². The molecule has 0 saturated heterocycles. The second-order valence-corrected chi connectivity index (χ2v) is 5.53. The van der Waals surface area contributed by atoms with E-state index in [9.17, 15) is 0 Å². The first-order chi connectivity index (χ1) is 8.31. The van der Waals surface area contributed by atoms with Crippen LogP contribution in [0.5, 0.6) is 0 Å². The van der Waals surface area contributed by atoms with Crippen molar-refractivity contribution in [2.45, 2.75) is 64.8 Å². The second kappa shape index (κ2) is 6.34. The van der Waals surface area contributed by atoms with Gasteiger partial charge in [0.15, 0.2) is 4.77 Å². The summed E-state index contributed by atoms with van der Waals surface area (Å²) in [6.07, 6.45) is 10.5. The van der Waals surface area contributed by atoms with Crippen LogP contribution in [0.3, 0.4) is 0 Å². The van der Waals surface area contributed by atoms with Gasteiger partial charge in [-0.3, -0.25) is 5.10 Å². The molecule has 96 valence electrons. The van der Waals surface area contributed by atoms with Gasteiger partial charge in [-0.05, 0) is 31.0 Å². The molecule has 1 fully saturated rings. The van der Waals surface area contributed by atoms with E-state index in [1.54, 1.807) is 0 Å². The molecule has 1 aromatic rings. The van der Waals surface area contributed by atoms with Gasteiger partial charge >= 0.3 is 0 Å². The van der Waals surface area contributed by atoms with Crippen molar-refractivity contribution >= 4 is 12.2 Å². The Morgan fingerprint density at radius 1 is 1.35 bits per heavy atom. The number of aryl methyl sites for hydroxylation is 1. The summed E-state index contributed by atoms with van der Waals surface area (Å²) in [6, 6.07) is 0. The Balaban J connectivity index is 1.93. The molecule has 0 aromatic carbocycles. The highest BCUT2D eigenvalue weighted by Crippen LogP contribution is 2.26. The average Bonchev–Trinajstić information content (AvgIpc) is 2.70. The van der Waals surface area contributed by atoms with E-state index >= 15 is 0 Å². The molecule has 1 N–H and O–H groups in total. The lowest BCUT2D eigenvalue weighted by Gasteiger charge is -2.21. The van der Waals surface area contributed by atoms with Gasteiger partial charge in [0.25, 0.3) is 0 Å². The fourth-order valence-electron chi connectivity index (χ4n) is 2.78. The Bertz CT molecular complexity index is 388. The summed E-state index contributed by atoms with van der Waals surface area (Å²) in [7, 11) is 0. The van der Waals surface area contributed by atoms with E-state index in [4.69, 9.17) is 12.2 Å². The van der Waals surface area contributed by atoms with Gasteiger partial charge in [-0.2, -0.15) is 5.10 Å². The van der Waals surface area contributed by atoms with E-state index < -0.39 is 0 Å². The molecule has 0 aliphatic heterocycles. The van der Waals surface area contributed by atoms with Crippen LogP contribution < -0.4 is 0 Å². The summed E-state index contributed by atoms with van der Waals surface area (Å²) >= 11 is 5.30. The van der Waals surface area contributed by atoms with E-state index in [0.717, 1.165) is 35.9 Å². The molecule has 3 nitrogen and oxygen atoms in total. The summed E-state index contributed by atoms with van der Waals surface area (Å²) in [5.41, 5.74) is 0. The molecule has 0 bridgehead atoms. The fraction of sp³-hybridized carbons (Fsp3) is 0.846. The molecule has 1 aliphatic carbocycles. The van der Waals surface area contributed by atoms with Crippen molar-refractivity contribution in [3.63, 3.8) is 0 Å². The number of aromatic amines is 1. The minimum Gasteiger partial charge on any atom is -0.304 e. The average molecular weight is 253 g/mol. The number of hydrogen-bond acceptors (Lipinski definition) is 2. The smallest absolute Gasteiger partial charge is 0.195 e. The summed E-state index contributed by atoms with van der Waals surface area (Å²) in [4.78, 5) is 0. The maximum atomic E-state index is 5.30. The molecule has 0 amide bonds. The minimum atomic E-state index is 0.796. The number of nitrogens with zero attached hydrogens (tertiary/aromatic N) is 2. The van der Waals surface area contributed by atoms with Gasteiger partial charge in [0.2, 0.25) is 0 Å². The monoisotopic (exact) mass is 253 g/mol. The number of nitrogens with one attached hydrogen (secondary N) is 1. The Labute approximate surface area is 109 Å². The molecule has 17 heavy (non-hydrogen) atoms. The number of aromatic nitrogens is 3. The van der Waals surface area contributed by atoms with Gasteiger partial charge in [0, 0.05) is 13.0 Å². The number of H-pyrrole nitrogens is 1. The van der Waals surface area contributed by atoms with E-state index in [-0.39, 0.29) is 0 Å². The van der Waals surface area contributed by atoms with Crippen LogP contribution in [0.1, 0.15) is 57.7 Å². The molecule has 0 spiro atoms. The molecule has 0 atom stereocenters. The van der Waals surface area contributed by atoms with E-state index in [2.05, 4.69) is 21.7 Å². The Kier molecular flexibility index (Phi) is 4.77. The predicted molar refractivity (Wildman–Crippen MR) is 72.6 cm³/mol. The van der Waals surface area contributed by atoms with E-state index in [1.165, 1.54) is 38.5 Å². The molecular formula is C13H23N3S. The molecule has 1 aliphatic rings. The molecule has 1 saturated carbocycles. The first kappa shape index (κ1) is 12.8. The van der Waals surface area contributed by atoms with Crippen molar-refractivity contribution in [2.24, 2.45) is 5.92 Å². The number of hydrogen-bond donors (Lipinski definition) is 1. The molecule has 4 heteroatoms. The first-order valence-corrected chi connectivity index (χ1v) is 7.36. The van der Waals surface area contributed by atoms with Crippen LogP contribution in [0.25, 0.3) is 0 Å². The first-order valence-electron chi connectivity index (χ1n) is 6.95. The second-order valence-electron chi connectivity index (χ2n) is 5.14. The highest BCUT2D eigenvalue weighted by atomic mass is 32.1. The lowest BCUT2D eigenvalue weighted by molar-refractivity contribution is 0.322. The molecular weight excluding hydrogens is 230 g/mol. The highest BCUT2D eigenvalue weighted by molar-refractivity contribution is 7.71. The maximum Gasteiger partial charge on any atom is 0.195 e. The van der Waals surface area contributed by atoms with Crippen molar-refractivity contribution in [1.29, 1.82) is 0 Å². The zero-order valence-electron chi connectivity index (χ0n) is 10.7. The lowest BCUT2D eigenvalue weighted by atomic mass is 9.87. The summed E-state index contributed by atoms with van der Waals surface area (Å²) in [5, 5.41) is 7.24. The quantitative estimate of drug-likeness (QED) is 0.808. The van der Waals surface area contributed by atoms with Crippen molar-refractivity contribution in [3.05, 3.63) is 10.6 Å². The van der Waals surface area contributed by atoms with Crippen molar-refractivity contribution in [1.82, 2.24) is 14.8 Å². The zero-order valence-corrected chi connectivity index (χ0v) is 11.6. The van der Waals surface area contributed by atoms with Crippen LogP contribution in [0.2, 0.25) is 0 Å². The zero-order chi connectivity index (χ0) is 12.1. The van der Waals surface area contributed by atoms with Crippen LogP contribution >= 0.6 is 12.2 Å². The van der Waals surface area contributed by atoms with Crippen LogP contribution in [0, 0.1) is 10.7 Å². The third-order valence-corrected chi connectivity index (χ3v) is 4.11. The van der Waals surface area contributed by atoms with Crippen LogP contribution in [-0.2, 0) is 13.0 Å². The SMILES string of the molecule is CCCc1n[nH]c(=S)n1CCC1CCCCC1. The lowest BCUT2D eigenvalue weighted by Crippen LogP contribution is -2.12. The van der Waals surface area contributed by atoms with Gasteiger partial charge in [0.05, 0.1) is 0 Å². The largest absolute Gasteiger partial charge is 0.304 e. The Morgan fingerprint density at radius 3 is 2.82 bits per heavy atom. The van der Waals surface area contributed by atoms with Crippen molar-refractivity contribution in [3.8, 4) is 0 Å². The normalized spacial score (nSPS) is 17.5. The summed E-state index contributed by atoms with van der Waals surface area (Å²) in [5.74, 6) is 2.04. The third-order valence-electron chi connectivity index (χ3n) is 3.80. The summed E-state index contributed by atoms with van der Waals surface area (Å²) < 4.78 is 3.00. The topological polar surface area (TPSA) is 33.6 Å². The Hall–Kier alpha value is -0.640. The summed E-state index contributed by atoms with van der Waals surface area (Å²) in [6.45, 7) is 3.23. The maximum absolute atomic E-state index is 5.30. The van der Waals surface area contributed by atoms with Gasteiger partial charge in [-0.25, -0.2) is 0 Å². The minimum absolute atomic E-state index is 0.796. The van der Waals surface area contributed by atoms with E-state index in [1.807, 2.05) is 0 Å². The molecule has 2 rings (SSSR count). The third kappa shape index (κ3) is 3.41. The Morgan fingerprint density at radius 2 is 2.12 bits per heavy atom. The number of rotatable bonds is 5. The van der Waals surface area contributed by atoms with Crippen LogP contribution in [0.4, 0.5) is 0 Å². The highest BCUT2D eigenvalue weighted by Gasteiger charge is 2.14. The van der Waals surface area contributed by atoms with Crippen molar-refractivity contribution in [2.75, 3.05) is 0 Å². The molecule has 0 radical (unpaired) electrons. The van der Waals surface area contributed by atoms with Gasteiger partial charge in [-0.1, -0.05) is 39.0 Å². The molecule has 1 heterocycles. The van der Waals surface area contributed by atoms with Crippen LogP contribution in [0.15, 0.2) is 0 Å². The van der Waals surface area contributed by atoms with Gasteiger partial charge < -0.3 is 4.57 Å². The predicted octanol–water partition coefficient (Wildman–Crippen LogP) is 3.86. The fourth-order valence-corrected chi connectivity index (χ4v) is 3.03. The van der Waals surface area contributed by atoms with Gasteiger partial charge in [0.1, 0.15) is 5.82 Å².